The molecule has 3 rings (SSSR count). The molecule has 0 saturated carbocycles. The van der Waals surface area contributed by atoms with Crippen LogP contribution in [0.5, 0.6) is 0 Å². The number of aromatic nitrogens is 2. The maximum Gasteiger partial charge on any atom is 0.349 e. The molecular formula is C12H11N3O3. The number of epoxide rings is 1. The lowest BCUT2D eigenvalue weighted by atomic mass is 10.2. The molecule has 1 fully saturated rings. The summed E-state index contributed by atoms with van der Waals surface area (Å²) in [4.78, 5) is 14.8. The summed E-state index contributed by atoms with van der Waals surface area (Å²) in [5, 5.41) is 11.1. The average Bonchev–Trinajstić information content (AvgIpc) is 3.12. The molecule has 0 N–H and O–H groups in total. The van der Waals surface area contributed by atoms with E-state index in [9.17, 15) is 10.1 Å². The van der Waals surface area contributed by atoms with E-state index < -0.39 is 4.92 Å². The second-order valence-corrected chi connectivity index (χ2v) is 4.15. The number of rotatable bonds is 4. The average molecular weight is 245 g/mol. The molecule has 2 aromatic rings. The molecule has 1 aliphatic heterocycles. The summed E-state index contributed by atoms with van der Waals surface area (Å²) in [7, 11) is 0. The highest BCUT2D eigenvalue weighted by molar-refractivity contribution is 5.33. The van der Waals surface area contributed by atoms with Gasteiger partial charge in [-0.1, -0.05) is 30.3 Å². The second kappa shape index (κ2) is 4.23. The molecule has 0 radical (unpaired) electrons. The number of imidazole rings is 1. The van der Waals surface area contributed by atoms with Gasteiger partial charge in [0.2, 0.25) is 0 Å². The van der Waals surface area contributed by atoms with Crippen molar-refractivity contribution in [2.75, 3.05) is 6.61 Å². The minimum atomic E-state index is -0.396. The van der Waals surface area contributed by atoms with E-state index in [1.807, 2.05) is 30.3 Å². The molecule has 1 atom stereocenters. The summed E-state index contributed by atoms with van der Waals surface area (Å²) in [6.45, 7) is 0.958. The minimum Gasteiger partial charge on any atom is -0.366 e. The molecule has 6 heteroatoms. The molecule has 1 unspecified atom stereocenters. The van der Waals surface area contributed by atoms with Gasteiger partial charge in [0.05, 0.1) is 6.61 Å². The highest BCUT2D eigenvalue weighted by atomic mass is 16.6. The number of nitro groups is 1. The fraction of sp³-hybridized carbons (Fsp3) is 0.250. The normalized spacial score (nSPS) is 17.7. The highest BCUT2D eigenvalue weighted by Gasteiger charge is 2.36. The zero-order valence-electron chi connectivity index (χ0n) is 9.52. The third-order valence-electron chi connectivity index (χ3n) is 2.84. The van der Waals surface area contributed by atoms with Crippen molar-refractivity contribution >= 4 is 5.82 Å². The van der Waals surface area contributed by atoms with Crippen LogP contribution >= 0.6 is 0 Å². The van der Waals surface area contributed by atoms with Crippen LogP contribution in [-0.4, -0.2) is 21.1 Å². The summed E-state index contributed by atoms with van der Waals surface area (Å²) in [5.74, 6) is 0.0290. The maximum absolute atomic E-state index is 11.1. The fourth-order valence-electron chi connectivity index (χ4n) is 1.92. The molecular weight excluding hydrogens is 234 g/mol. The fourth-order valence-corrected chi connectivity index (χ4v) is 1.92. The van der Waals surface area contributed by atoms with E-state index in [1.54, 1.807) is 4.57 Å². The zero-order valence-corrected chi connectivity index (χ0v) is 9.52. The summed E-state index contributed by atoms with van der Waals surface area (Å²) in [6.07, 6.45) is 1.30. The lowest BCUT2D eigenvalue weighted by Crippen LogP contribution is -2.04. The van der Waals surface area contributed by atoms with Crippen LogP contribution in [0.2, 0.25) is 0 Å². The molecule has 2 heterocycles. The monoisotopic (exact) mass is 245 g/mol. The quantitative estimate of drug-likeness (QED) is 0.468. The number of nitrogens with zero attached hydrogens (tertiary/aromatic N) is 3. The molecule has 92 valence electrons. The number of benzene rings is 1. The van der Waals surface area contributed by atoms with Crippen molar-refractivity contribution in [3.05, 3.63) is 58.0 Å². The summed E-state index contributed by atoms with van der Waals surface area (Å²) in [5.41, 5.74) is 1.43. The molecule has 0 amide bonds. The third kappa shape index (κ3) is 1.98. The Balaban J connectivity index is 1.94. The van der Waals surface area contributed by atoms with Gasteiger partial charge in [-0.2, -0.15) is 0 Å². The van der Waals surface area contributed by atoms with Gasteiger partial charge in [0.1, 0.15) is 12.6 Å². The molecule has 6 nitrogen and oxygen atoms in total. The lowest BCUT2D eigenvalue weighted by molar-refractivity contribution is -0.392. The highest BCUT2D eigenvalue weighted by Crippen LogP contribution is 2.35. The van der Waals surface area contributed by atoms with Crippen LogP contribution in [0.1, 0.15) is 17.4 Å². The number of ether oxygens (including phenoxy) is 1. The van der Waals surface area contributed by atoms with Gasteiger partial charge >= 0.3 is 5.82 Å². The Morgan fingerprint density at radius 3 is 2.78 bits per heavy atom. The molecule has 1 aromatic heterocycles. The van der Waals surface area contributed by atoms with E-state index in [0.29, 0.717) is 18.8 Å². The van der Waals surface area contributed by atoms with Crippen LogP contribution in [-0.2, 0) is 11.3 Å². The van der Waals surface area contributed by atoms with E-state index in [4.69, 9.17) is 4.74 Å². The van der Waals surface area contributed by atoms with Crippen molar-refractivity contribution in [1.29, 1.82) is 0 Å². The third-order valence-corrected chi connectivity index (χ3v) is 2.84. The standard InChI is InChI=1S/C12H11N3O3/c16-15(17)12-11(10-7-18-10)13-8-14(12)6-9-4-2-1-3-5-9/h1-5,8,10H,6-7H2. The summed E-state index contributed by atoms with van der Waals surface area (Å²) >= 11 is 0. The van der Waals surface area contributed by atoms with Crippen molar-refractivity contribution in [1.82, 2.24) is 9.55 Å². The Morgan fingerprint density at radius 1 is 1.44 bits per heavy atom. The summed E-state index contributed by atoms with van der Waals surface area (Å²) in [6, 6.07) is 9.58. The van der Waals surface area contributed by atoms with E-state index in [1.165, 1.54) is 6.33 Å². The van der Waals surface area contributed by atoms with Gasteiger partial charge < -0.3 is 14.9 Å². The van der Waals surface area contributed by atoms with Gasteiger partial charge in [-0.05, 0) is 10.5 Å². The topological polar surface area (TPSA) is 73.5 Å². The minimum absolute atomic E-state index is 0.0290. The number of hydrogen-bond donors (Lipinski definition) is 0. The first-order valence-corrected chi connectivity index (χ1v) is 5.60. The Morgan fingerprint density at radius 2 is 2.17 bits per heavy atom. The van der Waals surface area contributed by atoms with Crippen molar-refractivity contribution in [2.24, 2.45) is 0 Å². The first-order chi connectivity index (χ1) is 8.75. The predicted octanol–water partition coefficient (Wildman–Crippen LogP) is 1.91. The van der Waals surface area contributed by atoms with Crippen LogP contribution in [0.3, 0.4) is 0 Å². The lowest BCUT2D eigenvalue weighted by Gasteiger charge is -2.01. The Hall–Kier alpha value is -2.21. The molecule has 1 saturated heterocycles. The zero-order chi connectivity index (χ0) is 12.5. The first kappa shape index (κ1) is 10.9. The van der Waals surface area contributed by atoms with Gasteiger partial charge in [-0.25, -0.2) is 9.55 Å². The maximum atomic E-state index is 11.1. The van der Waals surface area contributed by atoms with Crippen molar-refractivity contribution < 1.29 is 9.66 Å². The van der Waals surface area contributed by atoms with Crippen LogP contribution in [0.15, 0.2) is 36.7 Å². The Kier molecular flexibility index (Phi) is 2.56. The van der Waals surface area contributed by atoms with Crippen LogP contribution in [0.4, 0.5) is 5.82 Å². The van der Waals surface area contributed by atoms with Gasteiger partial charge in [0.15, 0.2) is 12.0 Å². The largest absolute Gasteiger partial charge is 0.366 e. The van der Waals surface area contributed by atoms with E-state index >= 15 is 0 Å². The molecule has 0 bridgehead atoms. The molecule has 1 aromatic carbocycles. The van der Waals surface area contributed by atoms with Crippen molar-refractivity contribution in [2.45, 2.75) is 12.6 Å². The van der Waals surface area contributed by atoms with Gasteiger partial charge in [0.25, 0.3) is 0 Å². The SMILES string of the molecule is O=[N+]([O-])c1c(C2CO2)ncn1Cc1ccccc1. The number of hydrogen-bond acceptors (Lipinski definition) is 4. The van der Waals surface area contributed by atoms with Gasteiger partial charge in [0, 0.05) is 0 Å². The molecule has 18 heavy (non-hydrogen) atoms. The van der Waals surface area contributed by atoms with Crippen LogP contribution in [0, 0.1) is 10.1 Å². The first-order valence-electron chi connectivity index (χ1n) is 5.60. The van der Waals surface area contributed by atoms with Crippen molar-refractivity contribution in [3.8, 4) is 0 Å². The van der Waals surface area contributed by atoms with Gasteiger partial charge in [-0.15, -0.1) is 0 Å². The predicted molar refractivity (Wildman–Crippen MR) is 63.1 cm³/mol. The van der Waals surface area contributed by atoms with Crippen LogP contribution in [0.25, 0.3) is 0 Å². The second-order valence-electron chi connectivity index (χ2n) is 4.15. The van der Waals surface area contributed by atoms with Gasteiger partial charge in [-0.3, -0.25) is 0 Å². The smallest absolute Gasteiger partial charge is 0.349 e. The van der Waals surface area contributed by atoms with Crippen molar-refractivity contribution in [3.63, 3.8) is 0 Å². The summed E-state index contributed by atoms with van der Waals surface area (Å²) < 4.78 is 6.62. The molecule has 1 aliphatic rings. The van der Waals surface area contributed by atoms with Crippen LogP contribution < -0.4 is 0 Å². The molecule has 0 spiro atoms. The van der Waals surface area contributed by atoms with E-state index in [-0.39, 0.29) is 11.9 Å². The van der Waals surface area contributed by atoms with E-state index in [2.05, 4.69) is 4.98 Å². The Bertz CT molecular complexity index is 576. The molecule has 0 aliphatic carbocycles. The Labute approximate surface area is 103 Å². The van der Waals surface area contributed by atoms with E-state index in [0.717, 1.165) is 5.56 Å².